The Balaban J connectivity index is 0.00000400. The average Bonchev–Trinajstić information content (AvgIpc) is 3.70. The molecule has 3 aliphatic rings. The number of nitrogens with one attached hydrogen (secondary N) is 1. The average molecular weight is 648 g/mol. The Bertz CT molecular complexity index is 1480. The molecule has 2 aromatic carbocycles. The fourth-order valence-corrected chi connectivity index (χ4v) is 6.23. The maximum Gasteiger partial charge on any atom is 0.453 e. The Labute approximate surface area is 265 Å². The molecule has 1 aliphatic carbocycles. The van der Waals surface area contributed by atoms with Crippen LogP contribution in [-0.2, 0) is 22.3 Å². The summed E-state index contributed by atoms with van der Waals surface area (Å²) in [5.41, 5.74) is 2.01. The summed E-state index contributed by atoms with van der Waals surface area (Å²) in [6.45, 7) is 4.27. The molecule has 6 rings (SSSR count). The van der Waals surface area contributed by atoms with Crippen LogP contribution in [0.2, 0.25) is 0 Å². The number of aromatic nitrogens is 4. The fraction of sp³-hybridized carbons (Fsp3) is 0.516. The van der Waals surface area contributed by atoms with Crippen LogP contribution in [0.3, 0.4) is 0 Å². The van der Waals surface area contributed by atoms with E-state index in [1.165, 1.54) is 6.07 Å². The van der Waals surface area contributed by atoms with Gasteiger partial charge in [-0.05, 0) is 66.3 Å². The van der Waals surface area contributed by atoms with Gasteiger partial charge in [-0.2, -0.15) is 17.9 Å². The Morgan fingerprint density at radius 1 is 0.978 bits per heavy atom. The number of halogens is 4. The van der Waals surface area contributed by atoms with E-state index >= 15 is 0 Å². The Morgan fingerprint density at radius 2 is 1.69 bits per heavy atom. The Hall–Kier alpha value is -3.71. The second-order valence-electron chi connectivity index (χ2n) is 11.9. The quantitative estimate of drug-likeness (QED) is 0.387. The second-order valence-corrected chi connectivity index (χ2v) is 11.9. The van der Waals surface area contributed by atoms with E-state index in [-0.39, 0.29) is 53.9 Å². The summed E-state index contributed by atoms with van der Waals surface area (Å²) in [5.74, 6) is -0.474. The highest BCUT2D eigenvalue weighted by atomic mass is 35.5. The largest absolute Gasteiger partial charge is 0.490 e. The van der Waals surface area contributed by atoms with Gasteiger partial charge < -0.3 is 19.9 Å². The number of alkyl halides is 3. The first-order valence-corrected chi connectivity index (χ1v) is 15.2. The van der Waals surface area contributed by atoms with Crippen molar-refractivity contribution in [1.82, 2.24) is 35.3 Å². The van der Waals surface area contributed by atoms with Crippen molar-refractivity contribution < 1.29 is 27.5 Å². The van der Waals surface area contributed by atoms with E-state index in [0.29, 0.717) is 68.0 Å². The molecule has 0 unspecified atom stereocenters. The molecule has 14 heteroatoms. The third-order valence-corrected chi connectivity index (χ3v) is 8.83. The van der Waals surface area contributed by atoms with Crippen molar-refractivity contribution in [2.75, 3.05) is 26.2 Å². The highest BCUT2D eigenvalue weighted by Gasteiger charge is 2.39. The van der Waals surface area contributed by atoms with Crippen LogP contribution >= 0.6 is 12.4 Å². The molecule has 3 heterocycles. The van der Waals surface area contributed by atoms with Crippen molar-refractivity contribution in [1.29, 1.82) is 0 Å². The zero-order chi connectivity index (χ0) is 30.8. The smallest absolute Gasteiger partial charge is 0.453 e. The molecule has 1 saturated carbocycles. The standard InChI is InChI=1S/C31H36F3N7O3.ClH/c1-20(42)39-14-11-22(12-15-39)29(43)40-16-13-27(26(19-40)21-5-3-2-4-6-21)35-18-23-17-24(7-10-28(23)44-25-8-9-25)41-30(31(32,33)34)36-37-38-41;/h2-7,10,17,22,25-27,35H,8-9,11-16,18-19H2,1H3;1H/t26-,27-;/m0./s1. The summed E-state index contributed by atoms with van der Waals surface area (Å²) in [6, 6.07) is 14.9. The molecule has 2 amide bonds. The van der Waals surface area contributed by atoms with E-state index in [2.05, 4.69) is 33.0 Å². The molecular formula is C31H37ClF3N7O3. The number of amides is 2. The fourth-order valence-electron chi connectivity index (χ4n) is 6.23. The predicted octanol–water partition coefficient (Wildman–Crippen LogP) is 4.38. The van der Waals surface area contributed by atoms with Gasteiger partial charge >= 0.3 is 6.18 Å². The van der Waals surface area contributed by atoms with Gasteiger partial charge in [-0.3, -0.25) is 9.59 Å². The molecule has 3 aromatic rings. The molecule has 3 fully saturated rings. The van der Waals surface area contributed by atoms with Crippen LogP contribution in [-0.4, -0.2) is 80.1 Å². The van der Waals surface area contributed by atoms with Gasteiger partial charge in [0.05, 0.1) is 11.8 Å². The molecule has 242 valence electrons. The minimum absolute atomic E-state index is 0. The van der Waals surface area contributed by atoms with E-state index in [1.807, 2.05) is 23.1 Å². The van der Waals surface area contributed by atoms with E-state index in [9.17, 15) is 22.8 Å². The highest BCUT2D eigenvalue weighted by molar-refractivity contribution is 5.85. The molecule has 2 atom stereocenters. The van der Waals surface area contributed by atoms with Gasteiger partial charge in [-0.15, -0.1) is 17.5 Å². The lowest BCUT2D eigenvalue weighted by molar-refractivity contribution is -0.146. The van der Waals surface area contributed by atoms with Gasteiger partial charge in [-0.1, -0.05) is 30.3 Å². The lowest BCUT2D eigenvalue weighted by atomic mass is 9.84. The molecule has 1 aromatic heterocycles. The van der Waals surface area contributed by atoms with Crippen LogP contribution in [0.4, 0.5) is 13.2 Å². The number of tetrazole rings is 1. The van der Waals surface area contributed by atoms with Crippen molar-refractivity contribution >= 4 is 24.2 Å². The molecule has 2 aliphatic heterocycles. The first-order chi connectivity index (χ1) is 21.2. The summed E-state index contributed by atoms with van der Waals surface area (Å²) in [4.78, 5) is 29.1. The Morgan fingerprint density at radius 3 is 2.36 bits per heavy atom. The van der Waals surface area contributed by atoms with Crippen molar-refractivity contribution in [2.24, 2.45) is 5.92 Å². The molecule has 0 radical (unpaired) electrons. The van der Waals surface area contributed by atoms with E-state index in [0.717, 1.165) is 18.4 Å². The molecule has 45 heavy (non-hydrogen) atoms. The number of hydrogen-bond donors (Lipinski definition) is 1. The van der Waals surface area contributed by atoms with Gasteiger partial charge in [0.15, 0.2) is 0 Å². The molecule has 10 nitrogen and oxygen atoms in total. The number of rotatable bonds is 8. The SMILES string of the molecule is CC(=O)N1CCC(C(=O)N2CC[C@H](NCc3cc(-n4nnnc4C(F)(F)F)ccc3OC3CC3)[C@H](c3ccccc3)C2)CC1.Cl. The van der Waals surface area contributed by atoms with Gasteiger partial charge in [-0.25, -0.2) is 0 Å². The maximum atomic E-state index is 13.6. The maximum absolute atomic E-state index is 13.6. The van der Waals surface area contributed by atoms with E-state index < -0.39 is 12.0 Å². The summed E-state index contributed by atoms with van der Waals surface area (Å²) < 4.78 is 47.4. The van der Waals surface area contributed by atoms with Gasteiger partial charge in [0.25, 0.3) is 5.82 Å². The van der Waals surface area contributed by atoms with E-state index in [4.69, 9.17) is 4.74 Å². The molecular weight excluding hydrogens is 611 g/mol. The molecule has 2 saturated heterocycles. The monoisotopic (exact) mass is 647 g/mol. The summed E-state index contributed by atoms with van der Waals surface area (Å²) in [6.07, 6.45) is -0.668. The number of benzene rings is 2. The third-order valence-electron chi connectivity index (χ3n) is 8.83. The number of piperidine rings is 2. The second kappa shape index (κ2) is 13.7. The zero-order valence-corrected chi connectivity index (χ0v) is 25.8. The number of likely N-dealkylation sites (tertiary alicyclic amines) is 2. The number of hydrogen-bond acceptors (Lipinski definition) is 7. The molecule has 1 N–H and O–H groups in total. The van der Waals surface area contributed by atoms with Crippen LogP contribution in [0.1, 0.15) is 61.9 Å². The Kier molecular flexibility index (Phi) is 9.97. The number of ether oxygens (including phenoxy) is 1. The normalized spacial score (nSPS) is 20.9. The summed E-state index contributed by atoms with van der Waals surface area (Å²) in [7, 11) is 0. The summed E-state index contributed by atoms with van der Waals surface area (Å²) in [5, 5.41) is 13.7. The third kappa shape index (κ3) is 7.58. The number of carbonyl (C=O) groups is 2. The lowest BCUT2D eigenvalue weighted by Gasteiger charge is -2.42. The van der Waals surface area contributed by atoms with Gasteiger partial charge in [0.2, 0.25) is 11.8 Å². The van der Waals surface area contributed by atoms with Crippen LogP contribution < -0.4 is 10.1 Å². The summed E-state index contributed by atoms with van der Waals surface area (Å²) >= 11 is 0. The number of nitrogens with zero attached hydrogens (tertiary/aromatic N) is 6. The van der Waals surface area contributed by atoms with Crippen molar-refractivity contribution in [3.63, 3.8) is 0 Å². The minimum Gasteiger partial charge on any atom is -0.490 e. The highest BCUT2D eigenvalue weighted by Crippen LogP contribution is 2.34. The zero-order valence-electron chi connectivity index (χ0n) is 24.9. The first kappa shape index (κ1) is 32.7. The lowest BCUT2D eigenvalue weighted by Crippen LogP contribution is -2.52. The van der Waals surface area contributed by atoms with Crippen LogP contribution in [0, 0.1) is 5.92 Å². The van der Waals surface area contributed by atoms with Crippen molar-refractivity contribution in [2.45, 2.75) is 69.8 Å². The molecule has 0 bridgehead atoms. The predicted molar refractivity (Wildman–Crippen MR) is 161 cm³/mol. The number of carbonyl (C=O) groups excluding carboxylic acids is 2. The minimum atomic E-state index is -4.70. The van der Waals surface area contributed by atoms with Gasteiger partial charge in [0, 0.05) is 63.1 Å². The van der Waals surface area contributed by atoms with Crippen LogP contribution in [0.15, 0.2) is 48.5 Å². The van der Waals surface area contributed by atoms with Crippen LogP contribution in [0.5, 0.6) is 5.75 Å². The van der Waals surface area contributed by atoms with Crippen molar-refractivity contribution in [3.8, 4) is 11.4 Å². The topological polar surface area (TPSA) is 105 Å². The molecule has 0 spiro atoms. The van der Waals surface area contributed by atoms with Gasteiger partial charge in [0.1, 0.15) is 5.75 Å². The van der Waals surface area contributed by atoms with E-state index in [1.54, 1.807) is 24.0 Å². The van der Waals surface area contributed by atoms with Crippen LogP contribution in [0.25, 0.3) is 5.69 Å². The first-order valence-electron chi connectivity index (χ1n) is 15.2. The van der Waals surface area contributed by atoms with Crippen molar-refractivity contribution in [3.05, 3.63) is 65.5 Å².